The summed E-state index contributed by atoms with van der Waals surface area (Å²) < 4.78 is 5.17. The van der Waals surface area contributed by atoms with Crippen molar-refractivity contribution in [3.63, 3.8) is 0 Å². The first-order valence-corrected chi connectivity index (χ1v) is 9.45. The Labute approximate surface area is 159 Å². The summed E-state index contributed by atoms with van der Waals surface area (Å²) in [6, 6.07) is 14.4. The van der Waals surface area contributed by atoms with Crippen LogP contribution in [0.1, 0.15) is 29.7 Å². The highest BCUT2D eigenvalue weighted by Gasteiger charge is 2.15. The molecule has 0 saturated carbocycles. The van der Waals surface area contributed by atoms with Crippen molar-refractivity contribution in [1.82, 2.24) is 10.3 Å². The van der Waals surface area contributed by atoms with E-state index in [0.29, 0.717) is 11.7 Å². The summed E-state index contributed by atoms with van der Waals surface area (Å²) in [6.07, 6.45) is 4.94. The average molecular weight is 366 g/mol. The van der Waals surface area contributed by atoms with Crippen LogP contribution in [0.5, 0.6) is 5.75 Å². The third kappa shape index (κ3) is 3.53. The molecule has 0 bridgehead atoms. The molecule has 0 spiro atoms. The van der Waals surface area contributed by atoms with Crippen LogP contribution in [0.15, 0.2) is 42.5 Å². The number of H-pyrrole nitrogens is 1. The third-order valence-corrected chi connectivity index (χ3v) is 5.21. The van der Waals surface area contributed by atoms with E-state index in [2.05, 4.69) is 33.8 Å². The predicted octanol–water partition coefficient (Wildman–Crippen LogP) is 4.54. The Morgan fingerprint density at radius 3 is 2.73 bits per heavy atom. The van der Waals surface area contributed by atoms with Gasteiger partial charge in [-0.05, 0) is 85.4 Å². The maximum Gasteiger partial charge on any atom is 0.171 e. The van der Waals surface area contributed by atoms with E-state index < -0.39 is 0 Å². The van der Waals surface area contributed by atoms with Gasteiger partial charge in [-0.2, -0.15) is 0 Å². The van der Waals surface area contributed by atoms with Crippen molar-refractivity contribution in [3.05, 3.63) is 59.3 Å². The van der Waals surface area contributed by atoms with Gasteiger partial charge in [0.05, 0.1) is 7.11 Å². The van der Waals surface area contributed by atoms with Crippen LogP contribution in [0.25, 0.3) is 10.9 Å². The number of hydrogen-bond donors (Lipinski definition) is 3. The molecule has 0 aliphatic heterocycles. The zero-order valence-electron chi connectivity index (χ0n) is 14.9. The number of aromatic nitrogens is 1. The van der Waals surface area contributed by atoms with Crippen LogP contribution >= 0.6 is 12.2 Å². The van der Waals surface area contributed by atoms with Gasteiger partial charge in [0.25, 0.3) is 0 Å². The second-order valence-corrected chi connectivity index (χ2v) is 7.11. The fourth-order valence-corrected chi connectivity index (χ4v) is 3.79. The summed E-state index contributed by atoms with van der Waals surface area (Å²) in [5.41, 5.74) is 6.36. The fraction of sp³-hybridized carbons (Fsp3) is 0.286. The van der Waals surface area contributed by atoms with Crippen LogP contribution in [0, 0.1) is 0 Å². The fourth-order valence-electron chi connectivity index (χ4n) is 3.60. The Morgan fingerprint density at radius 1 is 1.12 bits per heavy atom. The van der Waals surface area contributed by atoms with Gasteiger partial charge in [-0.15, -0.1) is 0 Å². The normalized spacial score (nSPS) is 13.3. The van der Waals surface area contributed by atoms with Crippen molar-refractivity contribution in [2.24, 2.45) is 0 Å². The minimum absolute atomic E-state index is 0.617. The van der Waals surface area contributed by atoms with Gasteiger partial charge in [0.1, 0.15) is 5.75 Å². The Kier molecular flexibility index (Phi) is 4.80. The van der Waals surface area contributed by atoms with Gasteiger partial charge in [-0.3, -0.25) is 0 Å². The van der Waals surface area contributed by atoms with E-state index in [1.807, 2.05) is 24.3 Å². The summed E-state index contributed by atoms with van der Waals surface area (Å²) >= 11 is 5.41. The molecule has 1 aromatic heterocycles. The number of aromatic amines is 1. The van der Waals surface area contributed by atoms with Gasteiger partial charge in [-0.1, -0.05) is 6.07 Å². The molecule has 26 heavy (non-hydrogen) atoms. The highest BCUT2D eigenvalue weighted by atomic mass is 32.1. The Hall–Kier alpha value is -2.53. The molecule has 1 heterocycles. The maximum absolute atomic E-state index is 5.41. The molecule has 0 unspecified atom stereocenters. The number of anilines is 1. The van der Waals surface area contributed by atoms with Crippen LogP contribution in [-0.2, 0) is 19.4 Å². The van der Waals surface area contributed by atoms with Crippen molar-refractivity contribution >= 4 is 33.9 Å². The van der Waals surface area contributed by atoms with Gasteiger partial charge < -0.3 is 20.4 Å². The smallest absolute Gasteiger partial charge is 0.171 e. The van der Waals surface area contributed by atoms with E-state index in [4.69, 9.17) is 17.0 Å². The summed E-state index contributed by atoms with van der Waals surface area (Å²) in [5.74, 6) is 0.831. The monoisotopic (exact) mass is 365 g/mol. The lowest BCUT2D eigenvalue weighted by Crippen LogP contribution is -2.27. The highest BCUT2D eigenvalue weighted by Crippen LogP contribution is 2.29. The molecule has 1 aliphatic carbocycles. The van der Waals surface area contributed by atoms with Gasteiger partial charge in [0.15, 0.2) is 5.11 Å². The lowest BCUT2D eigenvalue weighted by atomic mass is 9.95. The van der Waals surface area contributed by atoms with E-state index in [-0.39, 0.29) is 0 Å². The van der Waals surface area contributed by atoms with Gasteiger partial charge in [0, 0.05) is 28.8 Å². The van der Waals surface area contributed by atoms with Crippen LogP contribution in [0.3, 0.4) is 0 Å². The zero-order valence-corrected chi connectivity index (χ0v) is 15.7. The Morgan fingerprint density at radius 2 is 1.92 bits per heavy atom. The maximum atomic E-state index is 5.41. The molecule has 0 amide bonds. The molecule has 1 aliphatic rings. The van der Waals surface area contributed by atoms with E-state index in [1.165, 1.54) is 53.4 Å². The largest absolute Gasteiger partial charge is 0.497 e. The third-order valence-electron chi connectivity index (χ3n) is 4.96. The second kappa shape index (κ2) is 7.38. The number of methoxy groups -OCH3 is 1. The SMILES string of the molecule is COc1ccc(NC(=S)NCc2ccc3[nH]c4c(c3c2)CCCC4)cc1. The molecule has 0 saturated heterocycles. The Balaban J connectivity index is 1.41. The van der Waals surface area contributed by atoms with Crippen molar-refractivity contribution in [1.29, 1.82) is 0 Å². The molecule has 4 rings (SSSR count). The second-order valence-electron chi connectivity index (χ2n) is 6.71. The van der Waals surface area contributed by atoms with Crippen molar-refractivity contribution in [2.75, 3.05) is 12.4 Å². The molecule has 3 aromatic rings. The van der Waals surface area contributed by atoms with E-state index >= 15 is 0 Å². The molecule has 134 valence electrons. The van der Waals surface area contributed by atoms with Crippen LogP contribution < -0.4 is 15.4 Å². The molecule has 0 fully saturated rings. The van der Waals surface area contributed by atoms with Gasteiger partial charge in [-0.25, -0.2) is 0 Å². The quantitative estimate of drug-likeness (QED) is 0.594. The zero-order chi connectivity index (χ0) is 17.9. The number of nitrogens with one attached hydrogen (secondary N) is 3. The first kappa shape index (κ1) is 16.9. The molecule has 0 atom stereocenters. The lowest BCUT2D eigenvalue weighted by molar-refractivity contribution is 0.415. The van der Waals surface area contributed by atoms with Crippen LogP contribution in [0.2, 0.25) is 0 Å². The minimum atomic E-state index is 0.617. The lowest BCUT2D eigenvalue weighted by Gasteiger charge is -2.12. The molecular formula is C21H23N3OS. The first-order valence-electron chi connectivity index (χ1n) is 9.04. The van der Waals surface area contributed by atoms with Crippen LogP contribution in [-0.4, -0.2) is 17.2 Å². The van der Waals surface area contributed by atoms with E-state index in [1.54, 1.807) is 7.11 Å². The minimum Gasteiger partial charge on any atom is -0.497 e. The first-order chi connectivity index (χ1) is 12.7. The highest BCUT2D eigenvalue weighted by molar-refractivity contribution is 7.80. The molecular weight excluding hydrogens is 342 g/mol. The topological polar surface area (TPSA) is 49.1 Å². The summed E-state index contributed by atoms with van der Waals surface area (Å²) in [4.78, 5) is 3.58. The number of rotatable bonds is 4. The van der Waals surface area contributed by atoms with Gasteiger partial charge >= 0.3 is 0 Å². The molecule has 0 radical (unpaired) electrons. The number of aryl methyl sites for hydroxylation is 2. The number of fused-ring (bicyclic) bond motifs is 3. The molecule has 2 aromatic carbocycles. The molecule has 3 N–H and O–H groups in total. The summed E-state index contributed by atoms with van der Waals surface area (Å²) in [7, 11) is 1.66. The number of thiocarbonyl (C=S) groups is 1. The number of hydrogen-bond acceptors (Lipinski definition) is 2. The molecule has 5 heteroatoms. The van der Waals surface area contributed by atoms with Crippen molar-refractivity contribution in [3.8, 4) is 5.75 Å². The van der Waals surface area contributed by atoms with Crippen molar-refractivity contribution < 1.29 is 4.74 Å². The van der Waals surface area contributed by atoms with E-state index in [9.17, 15) is 0 Å². The van der Waals surface area contributed by atoms with Crippen LogP contribution in [0.4, 0.5) is 5.69 Å². The van der Waals surface area contributed by atoms with E-state index in [0.717, 1.165) is 11.4 Å². The Bertz CT molecular complexity index is 930. The van der Waals surface area contributed by atoms with Crippen molar-refractivity contribution in [2.45, 2.75) is 32.2 Å². The number of ether oxygens (including phenoxy) is 1. The standard InChI is InChI=1S/C21H23N3OS/c1-25-16-9-7-15(8-10-16)23-21(26)22-13-14-6-11-20-18(12-14)17-4-2-3-5-19(17)24-20/h6-12,24H,2-5,13H2,1H3,(H2,22,23,26). The molecule has 4 nitrogen and oxygen atoms in total. The van der Waals surface area contributed by atoms with Gasteiger partial charge in [0.2, 0.25) is 0 Å². The average Bonchev–Trinajstić information content (AvgIpc) is 3.05. The predicted molar refractivity (Wildman–Crippen MR) is 111 cm³/mol. The number of benzene rings is 2. The summed E-state index contributed by atoms with van der Waals surface area (Å²) in [6.45, 7) is 0.706. The summed E-state index contributed by atoms with van der Waals surface area (Å²) in [5, 5.41) is 8.48.